The van der Waals surface area contributed by atoms with Crippen LogP contribution in [0.15, 0.2) is 42.5 Å². The number of rotatable bonds is 5. The Bertz CT molecular complexity index is 932. The number of anilines is 1. The van der Waals surface area contributed by atoms with Crippen molar-refractivity contribution in [1.29, 1.82) is 0 Å². The summed E-state index contributed by atoms with van der Waals surface area (Å²) in [6.45, 7) is 4.38. The van der Waals surface area contributed by atoms with Crippen LogP contribution in [0.4, 0.5) is 13.9 Å². The van der Waals surface area contributed by atoms with Gasteiger partial charge in [0.15, 0.2) is 5.13 Å². The third kappa shape index (κ3) is 3.98. The SMILES string of the molecule is O=C(NCCN1CCN(c2nc3ccccc3s2)CC1)c1c(F)cccc1F. The summed E-state index contributed by atoms with van der Waals surface area (Å²) >= 11 is 1.70. The van der Waals surface area contributed by atoms with Crippen molar-refractivity contribution in [2.75, 3.05) is 44.2 Å². The molecule has 2 heterocycles. The van der Waals surface area contributed by atoms with Crippen LogP contribution in [0, 0.1) is 11.6 Å². The summed E-state index contributed by atoms with van der Waals surface area (Å²) in [4.78, 5) is 21.2. The minimum atomic E-state index is -0.845. The summed E-state index contributed by atoms with van der Waals surface area (Å²) in [6.07, 6.45) is 0. The summed E-state index contributed by atoms with van der Waals surface area (Å²) in [6, 6.07) is 11.5. The highest BCUT2D eigenvalue weighted by Crippen LogP contribution is 2.29. The van der Waals surface area contributed by atoms with E-state index in [-0.39, 0.29) is 0 Å². The fraction of sp³-hybridized carbons (Fsp3) is 0.300. The number of nitrogens with one attached hydrogen (secondary N) is 1. The van der Waals surface area contributed by atoms with Crippen molar-refractivity contribution >= 4 is 32.6 Å². The van der Waals surface area contributed by atoms with E-state index in [1.807, 2.05) is 18.2 Å². The predicted octanol–water partition coefficient (Wildman–Crippen LogP) is 3.13. The second-order valence-corrected chi connectivity index (χ2v) is 7.65. The minimum Gasteiger partial charge on any atom is -0.351 e. The standard InChI is InChI=1S/C20H20F2N4OS/c21-14-4-3-5-15(22)18(14)19(27)23-8-9-25-10-12-26(13-11-25)20-24-16-6-1-2-7-17(16)28-20/h1-7H,8-13H2,(H,23,27). The highest BCUT2D eigenvalue weighted by Gasteiger charge is 2.20. The smallest absolute Gasteiger partial charge is 0.257 e. The highest BCUT2D eigenvalue weighted by molar-refractivity contribution is 7.22. The molecule has 0 spiro atoms. The minimum absolute atomic E-state index is 0.341. The van der Waals surface area contributed by atoms with Crippen LogP contribution >= 0.6 is 11.3 Å². The van der Waals surface area contributed by atoms with Crippen LogP contribution < -0.4 is 10.2 Å². The average Bonchev–Trinajstić information content (AvgIpc) is 3.12. The number of para-hydroxylation sites is 1. The van der Waals surface area contributed by atoms with E-state index in [1.54, 1.807) is 11.3 Å². The molecule has 1 aromatic heterocycles. The fourth-order valence-corrected chi connectivity index (χ4v) is 4.31. The molecule has 1 saturated heterocycles. The number of amides is 1. The Kier molecular flexibility index (Phi) is 5.50. The fourth-order valence-electron chi connectivity index (χ4n) is 3.29. The zero-order valence-electron chi connectivity index (χ0n) is 15.2. The second-order valence-electron chi connectivity index (χ2n) is 6.65. The van der Waals surface area contributed by atoms with Crippen LogP contribution in [0.3, 0.4) is 0 Å². The molecule has 1 aliphatic heterocycles. The number of thiazole rings is 1. The molecule has 1 fully saturated rings. The summed E-state index contributed by atoms with van der Waals surface area (Å²) in [5, 5.41) is 3.64. The number of carbonyl (C=O) groups is 1. The van der Waals surface area contributed by atoms with Gasteiger partial charge in [-0.2, -0.15) is 0 Å². The summed E-state index contributed by atoms with van der Waals surface area (Å²) in [5.74, 6) is -2.41. The van der Waals surface area contributed by atoms with E-state index in [9.17, 15) is 13.6 Å². The first-order valence-electron chi connectivity index (χ1n) is 9.17. The van der Waals surface area contributed by atoms with E-state index >= 15 is 0 Å². The van der Waals surface area contributed by atoms with Crippen LogP contribution in [-0.2, 0) is 0 Å². The van der Waals surface area contributed by atoms with E-state index in [0.29, 0.717) is 13.1 Å². The molecule has 8 heteroatoms. The predicted molar refractivity (Wildman–Crippen MR) is 107 cm³/mol. The summed E-state index contributed by atoms with van der Waals surface area (Å²) in [5.41, 5.74) is 0.496. The maximum absolute atomic E-state index is 13.6. The lowest BCUT2D eigenvalue weighted by molar-refractivity contribution is 0.0939. The Morgan fingerprint density at radius 2 is 1.75 bits per heavy atom. The van der Waals surface area contributed by atoms with Gasteiger partial charge in [-0.15, -0.1) is 0 Å². The second kappa shape index (κ2) is 8.20. The van der Waals surface area contributed by atoms with E-state index in [0.717, 1.165) is 49.0 Å². The Morgan fingerprint density at radius 3 is 2.46 bits per heavy atom. The maximum atomic E-state index is 13.6. The Morgan fingerprint density at radius 1 is 1.04 bits per heavy atom. The summed E-state index contributed by atoms with van der Waals surface area (Å²) in [7, 11) is 0. The van der Waals surface area contributed by atoms with Crippen LogP contribution in [-0.4, -0.2) is 55.1 Å². The number of aromatic nitrogens is 1. The monoisotopic (exact) mass is 402 g/mol. The van der Waals surface area contributed by atoms with Crippen molar-refractivity contribution in [3.63, 3.8) is 0 Å². The molecular formula is C20H20F2N4OS. The van der Waals surface area contributed by atoms with Crippen LogP contribution in [0.1, 0.15) is 10.4 Å². The first kappa shape index (κ1) is 18.8. The normalized spacial score (nSPS) is 15.1. The van der Waals surface area contributed by atoms with Gasteiger partial charge in [-0.25, -0.2) is 13.8 Å². The van der Waals surface area contributed by atoms with Crippen molar-refractivity contribution in [2.24, 2.45) is 0 Å². The van der Waals surface area contributed by atoms with Crippen molar-refractivity contribution in [3.05, 3.63) is 59.7 Å². The number of benzene rings is 2. The van der Waals surface area contributed by atoms with Crippen LogP contribution in [0.2, 0.25) is 0 Å². The number of fused-ring (bicyclic) bond motifs is 1. The third-order valence-electron chi connectivity index (χ3n) is 4.83. The van der Waals surface area contributed by atoms with Crippen molar-refractivity contribution in [2.45, 2.75) is 0 Å². The number of hydrogen-bond acceptors (Lipinski definition) is 5. The first-order chi connectivity index (χ1) is 13.6. The molecule has 1 N–H and O–H groups in total. The van der Waals surface area contributed by atoms with Gasteiger partial charge in [-0.1, -0.05) is 29.5 Å². The molecule has 0 radical (unpaired) electrons. The van der Waals surface area contributed by atoms with Gasteiger partial charge in [0.1, 0.15) is 17.2 Å². The Balaban J connectivity index is 1.26. The molecule has 0 unspecified atom stereocenters. The van der Waals surface area contributed by atoms with Gasteiger partial charge in [-0.3, -0.25) is 9.69 Å². The van der Waals surface area contributed by atoms with Crippen molar-refractivity contribution in [1.82, 2.24) is 15.2 Å². The van der Waals surface area contributed by atoms with Gasteiger partial charge < -0.3 is 10.2 Å². The number of carbonyl (C=O) groups excluding carboxylic acids is 1. The molecule has 5 nitrogen and oxygen atoms in total. The molecule has 0 saturated carbocycles. The molecule has 0 aliphatic carbocycles. The Hall–Kier alpha value is -2.58. The Labute approximate surface area is 165 Å². The molecular weight excluding hydrogens is 382 g/mol. The van der Waals surface area contributed by atoms with Crippen molar-refractivity contribution < 1.29 is 13.6 Å². The molecule has 3 aromatic rings. The lowest BCUT2D eigenvalue weighted by Crippen LogP contribution is -2.48. The van der Waals surface area contributed by atoms with Gasteiger partial charge in [0, 0.05) is 39.3 Å². The third-order valence-corrected chi connectivity index (χ3v) is 5.93. The number of piperazine rings is 1. The molecule has 4 rings (SSSR count). The first-order valence-corrected chi connectivity index (χ1v) is 9.98. The van der Waals surface area contributed by atoms with Gasteiger partial charge >= 0.3 is 0 Å². The van der Waals surface area contributed by atoms with Crippen LogP contribution in [0.25, 0.3) is 10.2 Å². The van der Waals surface area contributed by atoms with Crippen LogP contribution in [0.5, 0.6) is 0 Å². The number of hydrogen-bond donors (Lipinski definition) is 1. The van der Waals surface area contributed by atoms with Gasteiger partial charge in [0.05, 0.1) is 10.2 Å². The topological polar surface area (TPSA) is 48.5 Å². The zero-order chi connectivity index (χ0) is 19.5. The largest absolute Gasteiger partial charge is 0.351 e. The summed E-state index contributed by atoms with van der Waals surface area (Å²) < 4.78 is 28.5. The number of nitrogens with zero attached hydrogens (tertiary/aromatic N) is 3. The van der Waals surface area contributed by atoms with Gasteiger partial charge in [0.25, 0.3) is 5.91 Å². The van der Waals surface area contributed by atoms with Gasteiger partial charge in [0.2, 0.25) is 0 Å². The molecule has 28 heavy (non-hydrogen) atoms. The quantitative estimate of drug-likeness (QED) is 0.713. The lowest BCUT2D eigenvalue weighted by Gasteiger charge is -2.34. The molecule has 0 bridgehead atoms. The molecule has 0 atom stereocenters. The van der Waals surface area contributed by atoms with Gasteiger partial charge in [-0.05, 0) is 24.3 Å². The average molecular weight is 402 g/mol. The molecule has 1 amide bonds. The number of halogens is 2. The maximum Gasteiger partial charge on any atom is 0.257 e. The van der Waals surface area contributed by atoms with E-state index in [2.05, 4.69) is 21.2 Å². The highest BCUT2D eigenvalue weighted by atomic mass is 32.1. The van der Waals surface area contributed by atoms with E-state index in [4.69, 9.17) is 4.98 Å². The van der Waals surface area contributed by atoms with Crippen molar-refractivity contribution in [3.8, 4) is 0 Å². The molecule has 2 aromatic carbocycles. The molecule has 146 valence electrons. The molecule has 1 aliphatic rings. The van der Waals surface area contributed by atoms with E-state index < -0.39 is 23.1 Å². The zero-order valence-corrected chi connectivity index (χ0v) is 16.0. The van der Waals surface area contributed by atoms with E-state index in [1.165, 1.54) is 10.8 Å². The lowest BCUT2D eigenvalue weighted by atomic mass is 10.2.